The fraction of sp³-hybridized carbons (Fsp3) is 0.409. The summed E-state index contributed by atoms with van der Waals surface area (Å²) in [6, 6.07) is 13.0. The van der Waals surface area contributed by atoms with Crippen LogP contribution < -0.4 is 5.46 Å². The number of rotatable bonds is 2. The second-order valence-electron chi connectivity index (χ2n) is 8.57. The van der Waals surface area contributed by atoms with Gasteiger partial charge in [0, 0.05) is 18.8 Å². The molecule has 0 spiro atoms. The predicted molar refractivity (Wildman–Crippen MR) is 111 cm³/mol. The largest absolute Gasteiger partial charge is 0.421 e. The average molecular weight is 362 g/mol. The summed E-state index contributed by atoms with van der Waals surface area (Å²) < 4.78 is 14.8. The van der Waals surface area contributed by atoms with E-state index in [0.717, 1.165) is 5.56 Å². The fourth-order valence-corrected chi connectivity index (χ4v) is 3.85. The van der Waals surface area contributed by atoms with E-state index < -0.39 is 0 Å². The Morgan fingerprint density at radius 1 is 1.04 bits per heavy atom. The third-order valence-corrected chi connectivity index (χ3v) is 6.04. The third-order valence-electron chi connectivity index (χ3n) is 6.04. The Balaban J connectivity index is 1.76. The lowest BCUT2D eigenvalue weighted by Crippen LogP contribution is -2.65. The van der Waals surface area contributed by atoms with E-state index in [1.807, 2.05) is 24.1 Å². The highest BCUT2D eigenvalue weighted by atomic mass is 16.6. The molecule has 140 valence electrons. The third kappa shape index (κ3) is 3.09. The van der Waals surface area contributed by atoms with Crippen molar-refractivity contribution in [3.05, 3.63) is 48.8 Å². The summed E-state index contributed by atoms with van der Waals surface area (Å²) in [5.41, 5.74) is 2.77. The minimum absolute atomic E-state index is 0.0170. The van der Waals surface area contributed by atoms with Gasteiger partial charge in [0.1, 0.15) is 0 Å². The lowest BCUT2D eigenvalue weighted by atomic mass is 9.53. The molecule has 1 aliphatic rings. The van der Waals surface area contributed by atoms with Gasteiger partial charge >= 0.3 is 6.92 Å². The van der Waals surface area contributed by atoms with Crippen LogP contribution in [0.25, 0.3) is 21.9 Å². The molecule has 1 aromatic heterocycles. The Kier molecular flexibility index (Phi) is 4.20. The van der Waals surface area contributed by atoms with Crippen LogP contribution in [0.5, 0.6) is 0 Å². The van der Waals surface area contributed by atoms with Crippen molar-refractivity contribution in [2.75, 3.05) is 0 Å². The molecule has 5 heteroatoms. The number of aryl methyl sites for hydroxylation is 1. The highest BCUT2D eigenvalue weighted by Gasteiger charge is 2.50. The topological polar surface area (TPSA) is 36.3 Å². The highest BCUT2D eigenvalue weighted by Crippen LogP contribution is 2.36. The van der Waals surface area contributed by atoms with Gasteiger partial charge in [0.2, 0.25) is 0 Å². The van der Waals surface area contributed by atoms with Gasteiger partial charge in [-0.2, -0.15) is 5.10 Å². The zero-order valence-electron chi connectivity index (χ0n) is 17.0. The number of hydrogen-bond acceptors (Lipinski definition) is 3. The summed E-state index contributed by atoms with van der Waals surface area (Å²) in [6.45, 7) is 10.4. The van der Waals surface area contributed by atoms with E-state index >= 15 is 0 Å². The number of aromatic nitrogens is 2. The van der Waals surface area contributed by atoms with Crippen LogP contribution in [-0.2, 0) is 16.4 Å². The molecule has 4 nitrogen and oxygen atoms in total. The minimum Gasteiger partial charge on any atom is -0.421 e. The Labute approximate surface area is 161 Å². The molecule has 1 atom stereocenters. The lowest BCUT2D eigenvalue weighted by Gasteiger charge is -2.50. The Morgan fingerprint density at radius 3 is 2.52 bits per heavy atom. The molecule has 1 aliphatic heterocycles. The number of fused-ring (bicyclic) bond motifs is 1. The fourth-order valence-electron chi connectivity index (χ4n) is 3.85. The van der Waals surface area contributed by atoms with Crippen molar-refractivity contribution in [3.8, 4) is 11.1 Å². The van der Waals surface area contributed by atoms with Crippen molar-refractivity contribution in [3.63, 3.8) is 0 Å². The predicted octanol–water partition coefficient (Wildman–Crippen LogP) is 3.97. The van der Waals surface area contributed by atoms with E-state index in [2.05, 4.69) is 76.1 Å². The highest BCUT2D eigenvalue weighted by molar-refractivity contribution is 6.71. The molecular formula is C22H27BN2O2. The van der Waals surface area contributed by atoms with E-state index in [-0.39, 0.29) is 24.1 Å². The summed E-state index contributed by atoms with van der Waals surface area (Å²) in [5.74, 6) is 0. The van der Waals surface area contributed by atoms with Gasteiger partial charge < -0.3 is 9.39 Å². The standard InChI is InChI=1S/C22H27BN2O2/c1-15-23(27-22(4,5)21(2,3)26-15)20-9-7-8-17-12-16(10-11-19(17)20)18-13-24-25(6)14-18/h7-15H,1-6H3/t15-/m0/s1. The van der Waals surface area contributed by atoms with Crippen LogP contribution >= 0.6 is 0 Å². The van der Waals surface area contributed by atoms with Crippen molar-refractivity contribution >= 4 is 23.2 Å². The Hall–Kier alpha value is -2.11. The van der Waals surface area contributed by atoms with Crippen molar-refractivity contribution in [1.29, 1.82) is 0 Å². The first kappa shape index (κ1) is 18.3. The SMILES string of the molecule is C[C@@H]1OC(C)(C)C(C)(C)OB1c1cccc2cc(-c3cnn(C)c3)ccc12. The van der Waals surface area contributed by atoms with Gasteiger partial charge in [0.05, 0.1) is 23.4 Å². The maximum absolute atomic E-state index is 6.58. The summed E-state index contributed by atoms with van der Waals surface area (Å²) in [4.78, 5) is 0. The molecule has 3 aromatic rings. The number of hydrogen-bond donors (Lipinski definition) is 0. The van der Waals surface area contributed by atoms with Gasteiger partial charge in [0.25, 0.3) is 0 Å². The zero-order valence-corrected chi connectivity index (χ0v) is 17.0. The number of ether oxygens (including phenoxy) is 1. The van der Waals surface area contributed by atoms with Crippen LogP contribution in [0.2, 0.25) is 0 Å². The van der Waals surface area contributed by atoms with E-state index in [0.29, 0.717) is 0 Å². The van der Waals surface area contributed by atoms with E-state index in [4.69, 9.17) is 9.39 Å². The van der Waals surface area contributed by atoms with E-state index in [1.165, 1.54) is 21.8 Å². The second-order valence-corrected chi connectivity index (χ2v) is 8.57. The normalized spacial score (nSPS) is 21.6. The lowest BCUT2D eigenvalue weighted by molar-refractivity contribution is -0.176. The minimum atomic E-state index is -0.373. The molecule has 0 N–H and O–H groups in total. The van der Waals surface area contributed by atoms with Crippen LogP contribution in [0.1, 0.15) is 34.6 Å². The van der Waals surface area contributed by atoms with Gasteiger partial charge in [-0.3, -0.25) is 4.68 Å². The van der Waals surface area contributed by atoms with Gasteiger partial charge in [-0.15, -0.1) is 0 Å². The van der Waals surface area contributed by atoms with Crippen LogP contribution in [-0.4, -0.2) is 33.9 Å². The molecule has 0 saturated carbocycles. The molecule has 0 amide bonds. The summed E-state index contributed by atoms with van der Waals surface area (Å²) in [5, 5.41) is 6.69. The number of nitrogens with zero attached hydrogens (tertiary/aromatic N) is 2. The molecule has 2 aromatic carbocycles. The van der Waals surface area contributed by atoms with Crippen LogP contribution in [0.4, 0.5) is 0 Å². The monoisotopic (exact) mass is 362 g/mol. The summed E-state index contributed by atoms with van der Waals surface area (Å²) in [6.07, 6.45) is 3.94. The van der Waals surface area contributed by atoms with Crippen molar-refractivity contribution in [2.24, 2.45) is 7.05 Å². The molecule has 0 aliphatic carbocycles. The van der Waals surface area contributed by atoms with Gasteiger partial charge in [-0.05, 0) is 62.5 Å². The van der Waals surface area contributed by atoms with Gasteiger partial charge in [-0.1, -0.05) is 30.3 Å². The molecule has 0 bridgehead atoms. The summed E-state index contributed by atoms with van der Waals surface area (Å²) >= 11 is 0. The Bertz CT molecular complexity index is 993. The van der Waals surface area contributed by atoms with Gasteiger partial charge in [0.15, 0.2) is 0 Å². The molecule has 1 fully saturated rings. The smallest absolute Gasteiger partial charge is 0.357 e. The second kappa shape index (κ2) is 6.21. The molecule has 0 radical (unpaired) electrons. The first-order chi connectivity index (χ1) is 12.7. The molecule has 0 unspecified atom stereocenters. The molecule has 1 saturated heterocycles. The average Bonchev–Trinajstić information content (AvgIpc) is 3.03. The number of benzene rings is 2. The van der Waals surface area contributed by atoms with E-state index in [1.54, 1.807) is 0 Å². The molecule has 27 heavy (non-hydrogen) atoms. The Morgan fingerprint density at radius 2 is 1.81 bits per heavy atom. The molecule has 4 rings (SSSR count). The molecule has 2 heterocycles. The van der Waals surface area contributed by atoms with Gasteiger partial charge in [-0.25, -0.2) is 0 Å². The summed E-state index contributed by atoms with van der Waals surface area (Å²) in [7, 11) is 1.94. The first-order valence-corrected chi connectivity index (χ1v) is 9.55. The van der Waals surface area contributed by atoms with Crippen LogP contribution in [0.15, 0.2) is 48.8 Å². The first-order valence-electron chi connectivity index (χ1n) is 9.55. The zero-order chi connectivity index (χ0) is 19.4. The quantitative estimate of drug-likeness (QED) is 0.648. The molecular weight excluding hydrogens is 335 g/mol. The maximum atomic E-state index is 6.58. The maximum Gasteiger partial charge on any atom is 0.357 e. The van der Waals surface area contributed by atoms with Crippen molar-refractivity contribution < 1.29 is 9.39 Å². The van der Waals surface area contributed by atoms with Crippen LogP contribution in [0.3, 0.4) is 0 Å². The van der Waals surface area contributed by atoms with E-state index in [9.17, 15) is 0 Å². The van der Waals surface area contributed by atoms with Crippen molar-refractivity contribution in [1.82, 2.24) is 9.78 Å². The van der Waals surface area contributed by atoms with Crippen molar-refractivity contribution in [2.45, 2.75) is 51.8 Å². The van der Waals surface area contributed by atoms with Crippen LogP contribution in [0, 0.1) is 0 Å².